The van der Waals surface area contributed by atoms with Crippen molar-refractivity contribution in [1.29, 1.82) is 0 Å². The van der Waals surface area contributed by atoms with Crippen LogP contribution in [0, 0.1) is 3.57 Å². The van der Waals surface area contributed by atoms with E-state index in [9.17, 15) is 0 Å². The van der Waals surface area contributed by atoms with Crippen molar-refractivity contribution in [3.05, 3.63) is 27.3 Å². The van der Waals surface area contributed by atoms with E-state index in [1.165, 1.54) is 11.0 Å². The molecule has 2 heterocycles. The molecule has 0 aliphatic rings. The molecule has 0 aliphatic heterocycles. The SMILES string of the molecule is Nc1nn(-c2ncncc2I)cc1Cl. The van der Waals surface area contributed by atoms with E-state index in [1.807, 2.05) is 0 Å². The van der Waals surface area contributed by atoms with Crippen molar-refractivity contribution >= 4 is 40.0 Å². The summed E-state index contributed by atoms with van der Waals surface area (Å²) in [6, 6.07) is 0. The zero-order valence-electron chi connectivity index (χ0n) is 6.85. The van der Waals surface area contributed by atoms with Crippen molar-refractivity contribution in [3.8, 4) is 5.82 Å². The number of aromatic nitrogens is 4. The second-order valence-corrected chi connectivity index (χ2v) is 4.07. The molecule has 0 aromatic carbocycles. The maximum Gasteiger partial charge on any atom is 0.170 e. The third-order valence-corrected chi connectivity index (χ3v) is 2.61. The van der Waals surface area contributed by atoms with Crippen molar-refractivity contribution < 1.29 is 0 Å². The van der Waals surface area contributed by atoms with Crippen LogP contribution >= 0.6 is 34.2 Å². The summed E-state index contributed by atoms with van der Waals surface area (Å²) >= 11 is 7.89. The van der Waals surface area contributed by atoms with Gasteiger partial charge in [-0.25, -0.2) is 14.6 Å². The predicted molar refractivity (Wildman–Crippen MR) is 61.3 cm³/mol. The summed E-state index contributed by atoms with van der Waals surface area (Å²) in [5.41, 5.74) is 5.52. The fourth-order valence-corrected chi connectivity index (χ4v) is 1.63. The van der Waals surface area contributed by atoms with E-state index in [4.69, 9.17) is 17.3 Å². The van der Waals surface area contributed by atoms with Gasteiger partial charge in [-0.3, -0.25) is 0 Å². The number of hydrogen-bond donors (Lipinski definition) is 1. The highest BCUT2D eigenvalue weighted by atomic mass is 127. The summed E-state index contributed by atoms with van der Waals surface area (Å²) in [6.45, 7) is 0. The first kappa shape index (κ1) is 9.66. The Bertz CT molecular complexity index is 449. The predicted octanol–water partition coefficient (Wildman–Crippen LogP) is 1.50. The van der Waals surface area contributed by atoms with Gasteiger partial charge in [0.25, 0.3) is 0 Å². The van der Waals surface area contributed by atoms with Gasteiger partial charge in [-0.1, -0.05) is 11.6 Å². The molecule has 14 heavy (non-hydrogen) atoms. The Hall–Kier alpha value is -0.890. The molecule has 0 fully saturated rings. The lowest BCUT2D eigenvalue weighted by Gasteiger charge is -2.00. The van der Waals surface area contributed by atoms with Crippen LogP contribution in [0.5, 0.6) is 0 Å². The molecular formula is C7H5ClIN5. The molecule has 0 radical (unpaired) electrons. The number of rotatable bonds is 1. The van der Waals surface area contributed by atoms with E-state index < -0.39 is 0 Å². The summed E-state index contributed by atoms with van der Waals surface area (Å²) in [6.07, 6.45) is 4.75. The molecule has 0 unspecified atom stereocenters. The van der Waals surface area contributed by atoms with Gasteiger partial charge in [0.15, 0.2) is 11.6 Å². The number of nitrogen functional groups attached to an aromatic ring is 1. The van der Waals surface area contributed by atoms with Crippen LogP contribution in [0.3, 0.4) is 0 Å². The largest absolute Gasteiger partial charge is 0.381 e. The molecule has 0 saturated carbocycles. The highest BCUT2D eigenvalue weighted by Gasteiger charge is 2.08. The van der Waals surface area contributed by atoms with Gasteiger partial charge in [0.05, 0.1) is 9.77 Å². The molecule has 0 bridgehead atoms. The van der Waals surface area contributed by atoms with Crippen molar-refractivity contribution in [1.82, 2.24) is 19.7 Å². The monoisotopic (exact) mass is 321 g/mol. The second kappa shape index (κ2) is 3.70. The van der Waals surface area contributed by atoms with Crippen molar-refractivity contribution in [2.24, 2.45) is 0 Å². The lowest BCUT2D eigenvalue weighted by Crippen LogP contribution is -2.02. The summed E-state index contributed by atoms with van der Waals surface area (Å²) in [5.74, 6) is 0.959. The topological polar surface area (TPSA) is 69.6 Å². The van der Waals surface area contributed by atoms with Crippen LogP contribution in [-0.4, -0.2) is 19.7 Å². The van der Waals surface area contributed by atoms with Gasteiger partial charge < -0.3 is 5.73 Å². The average Bonchev–Trinajstić information content (AvgIpc) is 2.48. The van der Waals surface area contributed by atoms with Crippen LogP contribution in [0.1, 0.15) is 0 Å². The minimum atomic E-state index is 0.293. The molecule has 0 spiro atoms. The maximum atomic E-state index is 5.78. The molecule has 0 atom stereocenters. The second-order valence-electron chi connectivity index (χ2n) is 2.50. The average molecular weight is 322 g/mol. The van der Waals surface area contributed by atoms with Crippen molar-refractivity contribution in [2.45, 2.75) is 0 Å². The smallest absolute Gasteiger partial charge is 0.170 e. The summed E-state index contributed by atoms with van der Waals surface area (Å²) in [4.78, 5) is 7.95. The van der Waals surface area contributed by atoms with E-state index in [0.717, 1.165) is 3.57 Å². The highest BCUT2D eigenvalue weighted by Crippen LogP contribution is 2.19. The van der Waals surface area contributed by atoms with E-state index >= 15 is 0 Å². The molecule has 2 aromatic heterocycles. The van der Waals surface area contributed by atoms with E-state index in [-0.39, 0.29) is 0 Å². The zero-order chi connectivity index (χ0) is 10.1. The first-order valence-corrected chi connectivity index (χ1v) is 5.10. The Morgan fingerprint density at radius 1 is 1.50 bits per heavy atom. The first-order chi connectivity index (χ1) is 6.68. The number of hydrogen-bond acceptors (Lipinski definition) is 4. The van der Waals surface area contributed by atoms with Crippen LogP contribution in [0.2, 0.25) is 5.02 Å². The Morgan fingerprint density at radius 3 is 2.86 bits per heavy atom. The quantitative estimate of drug-likeness (QED) is 0.808. The third-order valence-electron chi connectivity index (χ3n) is 1.56. The lowest BCUT2D eigenvalue weighted by atomic mass is 10.6. The molecule has 7 heteroatoms. The molecule has 2 N–H and O–H groups in total. The molecule has 0 amide bonds. The highest BCUT2D eigenvalue weighted by molar-refractivity contribution is 14.1. The Morgan fingerprint density at radius 2 is 2.29 bits per heavy atom. The first-order valence-electron chi connectivity index (χ1n) is 3.65. The Kier molecular flexibility index (Phi) is 2.55. The van der Waals surface area contributed by atoms with Gasteiger partial charge in [0, 0.05) is 6.20 Å². The molecule has 5 nitrogen and oxygen atoms in total. The zero-order valence-corrected chi connectivity index (χ0v) is 9.77. The Labute approximate surface area is 98.4 Å². The van der Waals surface area contributed by atoms with E-state index in [0.29, 0.717) is 16.7 Å². The van der Waals surface area contributed by atoms with Crippen LogP contribution in [0.4, 0.5) is 5.82 Å². The number of halogens is 2. The molecule has 0 saturated heterocycles. The molecule has 72 valence electrons. The molecule has 2 rings (SSSR count). The molecule has 0 aliphatic carbocycles. The van der Waals surface area contributed by atoms with Gasteiger partial charge in [-0.2, -0.15) is 0 Å². The van der Waals surface area contributed by atoms with Gasteiger partial charge in [-0.15, -0.1) is 5.10 Å². The van der Waals surface area contributed by atoms with Crippen molar-refractivity contribution in [2.75, 3.05) is 5.73 Å². The maximum absolute atomic E-state index is 5.78. The fourth-order valence-electron chi connectivity index (χ4n) is 0.949. The van der Waals surface area contributed by atoms with Crippen LogP contribution in [-0.2, 0) is 0 Å². The number of nitrogens with zero attached hydrogens (tertiary/aromatic N) is 4. The number of nitrogens with two attached hydrogens (primary N) is 1. The van der Waals surface area contributed by atoms with Gasteiger partial charge >= 0.3 is 0 Å². The van der Waals surface area contributed by atoms with E-state index in [2.05, 4.69) is 37.7 Å². The summed E-state index contributed by atoms with van der Waals surface area (Å²) in [5, 5.41) is 4.42. The van der Waals surface area contributed by atoms with E-state index in [1.54, 1.807) is 12.4 Å². The van der Waals surface area contributed by atoms with Gasteiger partial charge in [0.2, 0.25) is 0 Å². The lowest BCUT2D eigenvalue weighted by molar-refractivity contribution is 0.837. The van der Waals surface area contributed by atoms with Crippen LogP contribution < -0.4 is 5.73 Å². The minimum absolute atomic E-state index is 0.293. The summed E-state index contributed by atoms with van der Waals surface area (Å²) < 4.78 is 2.41. The standard InChI is InChI=1S/C7H5ClIN5/c8-4-2-14(13-6(4)10)7-5(9)1-11-3-12-7/h1-3H,(H2,10,13). The van der Waals surface area contributed by atoms with Gasteiger partial charge in [-0.05, 0) is 22.6 Å². The minimum Gasteiger partial charge on any atom is -0.381 e. The fraction of sp³-hybridized carbons (Fsp3) is 0. The van der Waals surface area contributed by atoms with Crippen LogP contribution in [0.25, 0.3) is 5.82 Å². The molecule has 2 aromatic rings. The number of anilines is 1. The normalized spacial score (nSPS) is 10.4. The third kappa shape index (κ3) is 1.67. The van der Waals surface area contributed by atoms with Crippen LogP contribution in [0.15, 0.2) is 18.7 Å². The summed E-state index contributed by atoms with van der Waals surface area (Å²) in [7, 11) is 0. The van der Waals surface area contributed by atoms with Gasteiger partial charge in [0.1, 0.15) is 11.3 Å². The Balaban J connectivity index is 2.55. The molecular weight excluding hydrogens is 316 g/mol. The van der Waals surface area contributed by atoms with Crippen molar-refractivity contribution in [3.63, 3.8) is 0 Å².